The van der Waals surface area contributed by atoms with Gasteiger partial charge in [0.05, 0.1) is 0 Å². The molecule has 0 spiro atoms. The maximum absolute atomic E-state index is 11.2. The molecule has 1 heterocycles. The lowest BCUT2D eigenvalue weighted by molar-refractivity contribution is -0.146. The molecule has 5 heteroatoms. The van der Waals surface area contributed by atoms with Crippen LogP contribution in [0.3, 0.4) is 0 Å². The van der Waals surface area contributed by atoms with Gasteiger partial charge in [0.2, 0.25) is 6.10 Å². The number of carboxylic acids is 1. The van der Waals surface area contributed by atoms with Crippen LogP contribution in [0.4, 0.5) is 0 Å². The Hall–Kier alpha value is -2.04. The fourth-order valence-corrected chi connectivity index (χ4v) is 1.41. The predicted octanol–water partition coefficient (Wildman–Crippen LogP) is 0.688. The van der Waals surface area contributed by atoms with Crippen LogP contribution in [0.25, 0.3) is 0 Å². The number of rotatable bonds is 1. The summed E-state index contributed by atoms with van der Waals surface area (Å²) in [4.78, 5) is 21.8. The van der Waals surface area contributed by atoms with E-state index in [9.17, 15) is 14.7 Å². The van der Waals surface area contributed by atoms with Crippen LogP contribution in [0, 0.1) is 0 Å². The molecule has 1 aliphatic rings. The molecule has 0 aromatic heterocycles. The monoisotopic (exact) mass is 194 g/mol. The van der Waals surface area contributed by atoms with E-state index in [1.54, 1.807) is 0 Å². The predicted molar refractivity (Wildman–Crippen MR) is 43.9 cm³/mol. The summed E-state index contributed by atoms with van der Waals surface area (Å²) in [5.74, 6) is -2.30. The Balaban J connectivity index is 2.60. The molecule has 0 saturated heterocycles. The molecule has 5 nitrogen and oxygen atoms in total. The van der Waals surface area contributed by atoms with Gasteiger partial charge in [0.25, 0.3) is 0 Å². The SMILES string of the molecule is O=C1OC(C(=O)O)c2cccc(O)c21. The Morgan fingerprint density at radius 3 is 2.79 bits per heavy atom. The number of benzene rings is 1. The van der Waals surface area contributed by atoms with Crippen molar-refractivity contribution < 1.29 is 24.5 Å². The van der Waals surface area contributed by atoms with E-state index in [1.165, 1.54) is 18.2 Å². The molecule has 0 bridgehead atoms. The van der Waals surface area contributed by atoms with Gasteiger partial charge in [0.15, 0.2) is 0 Å². The first-order valence-corrected chi connectivity index (χ1v) is 3.87. The zero-order valence-electron chi connectivity index (χ0n) is 6.93. The maximum Gasteiger partial charge on any atom is 0.349 e. The number of hydrogen-bond acceptors (Lipinski definition) is 4. The first kappa shape index (κ1) is 8.55. The van der Waals surface area contributed by atoms with Crippen LogP contribution in [0.2, 0.25) is 0 Å². The topological polar surface area (TPSA) is 83.8 Å². The van der Waals surface area contributed by atoms with E-state index >= 15 is 0 Å². The van der Waals surface area contributed by atoms with Crippen LogP contribution in [0.1, 0.15) is 22.0 Å². The Bertz CT molecular complexity index is 423. The van der Waals surface area contributed by atoms with Gasteiger partial charge < -0.3 is 14.9 Å². The van der Waals surface area contributed by atoms with Crippen LogP contribution in [0.15, 0.2) is 18.2 Å². The highest BCUT2D eigenvalue weighted by atomic mass is 16.6. The number of carbonyl (C=O) groups excluding carboxylic acids is 1. The number of ether oxygens (including phenoxy) is 1. The van der Waals surface area contributed by atoms with Crippen LogP contribution in [-0.4, -0.2) is 22.2 Å². The summed E-state index contributed by atoms with van der Waals surface area (Å²) in [6, 6.07) is 4.22. The lowest BCUT2D eigenvalue weighted by Crippen LogP contribution is -2.10. The lowest BCUT2D eigenvalue weighted by atomic mass is 10.0. The first-order valence-electron chi connectivity index (χ1n) is 3.87. The molecule has 2 rings (SSSR count). The summed E-state index contributed by atoms with van der Waals surface area (Å²) in [6.07, 6.45) is -1.30. The van der Waals surface area contributed by atoms with Crippen molar-refractivity contribution in [1.29, 1.82) is 0 Å². The highest BCUT2D eigenvalue weighted by molar-refractivity contribution is 6.00. The number of esters is 1. The minimum absolute atomic E-state index is 0.0556. The van der Waals surface area contributed by atoms with Crippen molar-refractivity contribution in [1.82, 2.24) is 0 Å². The highest BCUT2D eigenvalue weighted by Gasteiger charge is 2.37. The van der Waals surface area contributed by atoms with E-state index in [1.807, 2.05) is 0 Å². The number of fused-ring (bicyclic) bond motifs is 1. The summed E-state index contributed by atoms with van der Waals surface area (Å²) in [6.45, 7) is 0. The van der Waals surface area contributed by atoms with Gasteiger partial charge in [-0.2, -0.15) is 0 Å². The summed E-state index contributed by atoms with van der Waals surface area (Å²) < 4.78 is 4.58. The van der Waals surface area contributed by atoms with E-state index in [2.05, 4.69) is 4.74 Å². The molecular weight excluding hydrogens is 188 g/mol. The zero-order valence-corrected chi connectivity index (χ0v) is 6.93. The Morgan fingerprint density at radius 2 is 2.14 bits per heavy atom. The molecule has 2 N–H and O–H groups in total. The third-order valence-corrected chi connectivity index (χ3v) is 2.01. The Morgan fingerprint density at radius 1 is 1.43 bits per heavy atom. The molecular formula is C9H6O5. The molecule has 0 amide bonds. The van der Waals surface area contributed by atoms with Gasteiger partial charge in [-0.05, 0) is 6.07 Å². The molecule has 0 saturated carbocycles. The smallest absolute Gasteiger partial charge is 0.349 e. The van der Waals surface area contributed by atoms with Crippen molar-refractivity contribution in [3.05, 3.63) is 29.3 Å². The number of cyclic esters (lactones) is 1. The highest BCUT2D eigenvalue weighted by Crippen LogP contribution is 2.35. The van der Waals surface area contributed by atoms with E-state index in [0.29, 0.717) is 0 Å². The van der Waals surface area contributed by atoms with Gasteiger partial charge in [0, 0.05) is 5.56 Å². The summed E-state index contributed by atoms with van der Waals surface area (Å²) in [5.41, 5.74) is 0.141. The van der Waals surface area contributed by atoms with Gasteiger partial charge in [-0.3, -0.25) is 0 Å². The standard InChI is InChI=1S/C9H6O5/c10-5-3-1-2-4-6(5)9(13)14-7(4)8(11)12/h1-3,7,10H,(H,11,12). The second kappa shape index (κ2) is 2.73. The minimum Gasteiger partial charge on any atom is -0.507 e. The number of aromatic hydroxyl groups is 1. The first-order chi connectivity index (χ1) is 6.61. The summed E-state index contributed by atoms with van der Waals surface area (Å²) in [7, 11) is 0. The Labute approximate surface area is 78.5 Å². The van der Waals surface area contributed by atoms with E-state index < -0.39 is 18.0 Å². The van der Waals surface area contributed by atoms with Crippen LogP contribution < -0.4 is 0 Å². The van der Waals surface area contributed by atoms with Crippen molar-refractivity contribution in [2.75, 3.05) is 0 Å². The van der Waals surface area contributed by atoms with Gasteiger partial charge in [-0.25, -0.2) is 9.59 Å². The molecule has 1 unspecified atom stereocenters. The molecule has 0 fully saturated rings. The van der Waals surface area contributed by atoms with Crippen molar-refractivity contribution in [3.8, 4) is 5.75 Å². The molecule has 72 valence electrons. The molecule has 0 aliphatic carbocycles. The maximum atomic E-state index is 11.2. The normalized spacial score (nSPS) is 18.9. The van der Waals surface area contributed by atoms with Gasteiger partial charge in [-0.1, -0.05) is 12.1 Å². The third-order valence-electron chi connectivity index (χ3n) is 2.01. The zero-order chi connectivity index (χ0) is 10.3. The number of phenols is 1. The quantitative estimate of drug-likeness (QED) is 0.642. The molecule has 1 aromatic rings. The Kier molecular flexibility index (Phi) is 1.67. The number of hydrogen-bond donors (Lipinski definition) is 2. The fourth-order valence-electron chi connectivity index (χ4n) is 1.41. The van der Waals surface area contributed by atoms with Crippen LogP contribution in [-0.2, 0) is 9.53 Å². The molecule has 1 aromatic carbocycles. The second-order valence-corrected chi connectivity index (χ2v) is 2.86. The van der Waals surface area contributed by atoms with Crippen LogP contribution >= 0.6 is 0 Å². The molecule has 0 radical (unpaired) electrons. The minimum atomic E-state index is -1.30. The number of carboxylic acid groups (broad SMARTS) is 1. The van der Waals surface area contributed by atoms with Gasteiger partial charge in [0.1, 0.15) is 11.3 Å². The van der Waals surface area contributed by atoms with E-state index in [0.717, 1.165) is 0 Å². The fraction of sp³-hybridized carbons (Fsp3) is 0.111. The second-order valence-electron chi connectivity index (χ2n) is 2.86. The van der Waals surface area contributed by atoms with E-state index in [4.69, 9.17) is 5.11 Å². The number of aliphatic carboxylic acids is 1. The average molecular weight is 194 g/mol. The van der Waals surface area contributed by atoms with Gasteiger partial charge in [-0.15, -0.1) is 0 Å². The van der Waals surface area contributed by atoms with Crippen molar-refractivity contribution in [2.45, 2.75) is 6.10 Å². The molecule has 1 aliphatic heterocycles. The lowest BCUT2D eigenvalue weighted by Gasteiger charge is -2.02. The largest absolute Gasteiger partial charge is 0.507 e. The van der Waals surface area contributed by atoms with Gasteiger partial charge >= 0.3 is 11.9 Å². The van der Waals surface area contributed by atoms with Crippen LogP contribution in [0.5, 0.6) is 5.75 Å². The summed E-state index contributed by atoms with van der Waals surface area (Å²) in [5, 5.41) is 18.0. The van der Waals surface area contributed by atoms with Crippen molar-refractivity contribution >= 4 is 11.9 Å². The van der Waals surface area contributed by atoms with Crippen molar-refractivity contribution in [3.63, 3.8) is 0 Å². The molecule has 1 atom stereocenters. The number of carbonyl (C=O) groups is 2. The average Bonchev–Trinajstić information content (AvgIpc) is 2.45. The number of phenolic OH excluding ortho intramolecular Hbond substituents is 1. The third kappa shape index (κ3) is 1.02. The summed E-state index contributed by atoms with van der Waals surface area (Å²) >= 11 is 0. The van der Waals surface area contributed by atoms with Crippen molar-refractivity contribution in [2.24, 2.45) is 0 Å². The molecule has 14 heavy (non-hydrogen) atoms. The van der Waals surface area contributed by atoms with E-state index in [-0.39, 0.29) is 16.9 Å².